The molecule has 3 rings (SSSR count). The van der Waals surface area contributed by atoms with Crippen molar-refractivity contribution in [2.75, 3.05) is 0 Å². The standard InChI is InChI=1S/C19H18BrN3O2S/c1-13(26-12-14-6-3-2-4-7-14)19(24)21-11-17-22-18(23-25-17)15-8-5-9-16(20)10-15/h2-10,13H,11-12H2,1H3,(H,21,24)/t13-/m0/s1. The van der Waals surface area contributed by atoms with Gasteiger partial charge in [0.2, 0.25) is 17.6 Å². The zero-order valence-electron chi connectivity index (χ0n) is 14.2. The van der Waals surface area contributed by atoms with Gasteiger partial charge >= 0.3 is 0 Å². The summed E-state index contributed by atoms with van der Waals surface area (Å²) in [5.74, 6) is 1.63. The zero-order chi connectivity index (χ0) is 18.4. The Balaban J connectivity index is 1.50. The third-order valence-corrected chi connectivity index (χ3v) is 5.38. The lowest BCUT2D eigenvalue weighted by atomic mass is 10.2. The van der Waals surface area contributed by atoms with Gasteiger partial charge < -0.3 is 9.84 Å². The molecule has 0 saturated heterocycles. The smallest absolute Gasteiger partial charge is 0.246 e. The first-order valence-corrected chi connectivity index (χ1v) is 9.98. The van der Waals surface area contributed by atoms with Crippen LogP contribution in [0.1, 0.15) is 18.4 Å². The lowest BCUT2D eigenvalue weighted by molar-refractivity contribution is -0.120. The van der Waals surface area contributed by atoms with Gasteiger partial charge in [-0.15, -0.1) is 11.8 Å². The lowest BCUT2D eigenvalue weighted by Crippen LogP contribution is -2.30. The van der Waals surface area contributed by atoms with Crippen LogP contribution < -0.4 is 5.32 Å². The number of benzene rings is 2. The van der Waals surface area contributed by atoms with Gasteiger partial charge in [0.25, 0.3) is 0 Å². The summed E-state index contributed by atoms with van der Waals surface area (Å²) in [6.45, 7) is 2.11. The van der Waals surface area contributed by atoms with Crippen LogP contribution in [0.5, 0.6) is 0 Å². The number of halogens is 1. The average Bonchev–Trinajstić information content (AvgIpc) is 3.14. The molecule has 0 unspecified atom stereocenters. The van der Waals surface area contributed by atoms with Crippen molar-refractivity contribution in [3.63, 3.8) is 0 Å². The number of amides is 1. The number of nitrogens with one attached hydrogen (secondary N) is 1. The SMILES string of the molecule is C[C@H](SCc1ccccc1)C(=O)NCc1nc(-c2cccc(Br)c2)no1. The molecule has 0 spiro atoms. The molecule has 0 saturated carbocycles. The molecule has 0 aliphatic heterocycles. The first kappa shape index (κ1) is 18.7. The molecular formula is C19H18BrN3O2S. The number of aromatic nitrogens is 2. The molecule has 0 aliphatic rings. The van der Waals surface area contributed by atoms with Gasteiger partial charge in [0.05, 0.1) is 11.8 Å². The Morgan fingerprint density at radius 1 is 1.23 bits per heavy atom. The van der Waals surface area contributed by atoms with Crippen LogP contribution in [0, 0.1) is 0 Å². The number of carbonyl (C=O) groups excluding carboxylic acids is 1. The predicted octanol–water partition coefficient (Wildman–Crippen LogP) is 4.44. The lowest BCUT2D eigenvalue weighted by Gasteiger charge is -2.10. The molecule has 7 heteroatoms. The molecule has 2 aromatic carbocycles. The largest absolute Gasteiger partial charge is 0.346 e. The van der Waals surface area contributed by atoms with Gasteiger partial charge in [-0.2, -0.15) is 4.98 Å². The van der Waals surface area contributed by atoms with Crippen molar-refractivity contribution in [1.82, 2.24) is 15.5 Å². The first-order valence-electron chi connectivity index (χ1n) is 8.13. The molecule has 0 fully saturated rings. The van der Waals surface area contributed by atoms with Crippen molar-refractivity contribution in [1.29, 1.82) is 0 Å². The summed E-state index contributed by atoms with van der Waals surface area (Å²) in [5, 5.41) is 6.64. The number of rotatable bonds is 7. The Morgan fingerprint density at radius 3 is 2.81 bits per heavy atom. The quantitative estimate of drug-likeness (QED) is 0.598. The maximum absolute atomic E-state index is 12.2. The molecule has 134 valence electrons. The summed E-state index contributed by atoms with van der Waals surface area (Å²) in [6, 6.07) is 17.7. The van der Waals surface area contributed by atoms with E-state index in [1.807, 2.05) is 49.4 Å². The Bertz CT molecular complexity index is 870. The van der Waals surface area contributed by atoms with Crippen molar-refractivity contribution in [2.45, 2.75) is 24.5 Å². The molecule has 26 heavy (non-hydrogen) atoms. The van der Waals surface area contributed by atoms with E-state index in [1.165, 1.54) is 5.56 Å². The van der Waals surface area contributed by atoms with Crippen molar-refractivity contribution < 1.29 is 9.32 Å². The fourth-order valence-electron chi connectivity index (χ4n) is 2.25. The monoisotopic (exact) mass is 431 g/mol. The van der Waals surface area contributed by atoms with E-state index in [0.717, 1.165) is 15.8 Å². The van der Waals surface area contributed by atoms with E-state index in [9.17, 15) is 4.79 Å². The second-order valence-corrected chi connectivity index (χ2v) is 7.92. The molecule has 5 nitrogen and oxygen atoms in total. The molecule has 0 bridgehead atoms. The van der Waals surface area contributed by atoms with E-state index in [-0.39, 0.29) is 17.7 Å². The maximum atomic E-state index is 12.2. The van der Waals surface area contributed by atoms with Crippen LogP contribution in [-0.4, -0.2) is 21.3 Å². The third-order valence-electron chi connectivity index (χ3n) is 3.68. The van der Waals surface area contributed by atoms with Crippen LogP contribution in [0.2, 0.25) is 0 Å². The second kappa shape index (κ2) is 9.00. The summed E-state index contributed by atoms with van der Waals surface area (Å²) in [6.07, 6.45) is 0. The van der Waals surface area contributed by atoms with Crippen molar-refractivity contribution in [3.8, 4) is 11.4 Å². The number of thioether (sulfide) groups is 1. The zero-order valence-corrected chi connectivity index (χ0v) is 16.6. The van der Waals surface area contributed by atoms with Crippen molar-refractivity contribution >= 4 is 33.6 Å². The number of hydrogen-bond donors (Lipinski definition) is 1. The van der Waals surface area contributed by atoms with Crippen molar-refractivity contribution in [2.24, 2.45) is 0 Å². The minimum Gasteiger partial charge on any atom is -0.346 e. The van der Waals surface area contributed by atoms with Gasteiger partial charge in [0, 0.05) is 15.8 Å². The molecular weight excluding hydrogens is 414 g/mol. The van der Waals surface area contributed by atoms with Gasteiger partial charge in [-0.05, 0) is 24.6 Å². The van der Waals surface area contributed by atoms with Crippen LogP contribution in [0.3, 0.4) is 0 Å². The van der Waals surface area contributed by atoms with E-state index < -0.39 is 0 Å². The molecule has 1 atom stereocenters. The van der Waals surface area contributed by atoms with Crippen LogP contribution in [0.15, 0.2) is 63.6 Å². The Kier molecular flexibility index (Phi) is 6.46. The van der Waals surface area contributed by atoms with E-state index in [1.54, 1.807) is 11.8 Å². The van der Waals surface area contributed by atoms with Gasteiger partial charge in [-0.25, -0.2) is 0 Å². The second-order valence-electron chi connectivity index (χ2n) is 5.68. The Labute approximate surface area is 164 Å². The summed E-state index contributed by atoms with van der Waals surface area (Å²) >= 11 is 5.01. The highest BCUT2D eigenvalue weighted by atomic mass is 79.9. The van der Waals surface area contributed by atoms with Crippen molar-refractivity contribution in [3.05, 3.63) is 70.5 Å². The number of hydrogen-bond acceptors (Lipinski definition) is 5. The van der Waals surface area contributed by atoms with E-state index in [2.05, 4.69) is 43.5 Å². The molecule has 3 aromatic rings. The minimum absolute atomic E-state index is 0.0480. The van der Waals surface area contributed by atoms with E-state index in [0.29, 0.717) is 11.7 Å². The molecule has 0 radical (unpaired) electrons. The minimum atomic E-state index is -0.164. The molecule has 1 N–H and O–H groups in total. The highest BCUT2D eigenvalue weighted by Crippen LogP contribution is 2.20. The summed E-state index contributed by atoms with van der Waals surface area (Å²) in [7, 11) is 0. The Hall–Kier alpha value is -2.12. The van der Waals surface area contributed by atoms with Crippen LogP contribution in [0.25, 0.3) is 11.4 Å². The van der Waals surface area contributed by atoms with Gasteiger partial charge in [0.1, 0.15) is 0 Å². The third kappa shape index (κ3) is 5.19. The van der Waals surface area contributed by atoms with Gasteiger partial charge in [-0.3, -0.25) is 4.79 Å². The maximum Gasteiger partial charge on any atom is 0.246 e. The average molecular weight is 432 g/mol. The van der Waals surface area contributed by atoms with Crippen LogP contribution in [0.4, 0.5) is 0 Å². The van der Waals surface area contributed by atoms with Crippen LogP contribution in [-0.2, 0) is 17.1 Å². The number of nitrogens with zero attached hydrogens (tertiary/aromatic N) is 2. The Morgan fingerprint density at radius 2 is 2.04 bits per heavy atom. The normalized spacial score (nSPS) is 11.9. The molecule has 1 aromatic heterocycles. The first-order chi connectivity index (χ1) is 12.6. The fourth-order valence-corrected chi connectivity index (χ4v) is 3.52. The van der Waals surface area contributed by atoms with E-state index in [4.69, 9.17) is 4.52 Å². The van der Waals surface area contributed by atoms with Crippen LogP contribution >= 0.6 is 27.7 Å². The highest BCUT2D eigenvalue weighted by molar-refractivity contribution is 9.10. The summed E-state index contributed by atoms with van der Waals surface area (Å²) < 4.78 is 6.16. The molecule has 0 aliphatic carbocycles. The topological polar surface area (TPSA) is 68.0 Å². The van der Waals surface area contributed by atoms with Gasteiger partial charge in [0.15, 0.2) is 0 Å². The molecule has 1 heterocycles. The number of carbonyl (C=O) groups is 1. The van der Waals surface area contributed by atoms with Gasteiger partial charge in [-0.1, -0.05) is 63.6 Å². The molecule has 1 amide bonds. The fraction of sp³-hybridized carbons (Fsp3) is 0.211. The summed E-state index contributed by atoms with van der Waals surface area (Å²) in [4.78, 5) is 16.6. The highest BCUT2D eigenvalue weighted by Gasteiger charge is 2.15. The summed E-state index contributed by atoms with van der Waals surface area (Å²) in [5.41, 5.74) is 2.06. The van der Waals surface area contributed by atoms with E-state index >= 15 is 0 Å². The predicted molar refractivity (Wildman–Crippen MR) is 106 cm³/mol.